The number of hydrogen-bond donors (Lipinski definition) is 1. The Bertz CT molecular complexity index is 1390. The van der Waals surface area contributed by atoms with E-state index in [1.165, 1.54) is 10.8 Å². The van der Waals surface area contributed by atoms with Crippen LogP contribution in [0.4, 0.5) is 15.8 Å². The number of hydrogen-bond acceptors (Lipinski definition) is 5. The van der Waals surface area contributed by atoms with Gasteiger partial charge in [0, 0.05) is 54.7 Å². The minimum Gasteiger partial charge on any atom is -0.378 e. The van der Waals surface area contributed by atoms with E-state index >= 15 is 0 Å². The van der Waals surface area contributed by atoms with E-state index < -0.39 is 17.5 Å². The van der Waals surface area contributed by atoms with Gasteiger partial charge in [-0.3, -0.25) is 4.79 Å². The summed E-state index contributed by atoms with van der Waals surface area (Å²) >= 11 is 0. The lowest BCUT2D eigenvalue weighted by molar-refractivity contribution is 0.102. The van der Waals surface area contributed by atoms with E-state index in [1.54, 1.807) is 6.20 Å². The molecule has 0 bridgehead atoms. The molecule has 8 nitrogen and oxygen atoms in total. The molecule has 0 radical (unpaired) electrons. The Balaban J connectivity index is 1.48. The van der Waals surface area contributed by atoms with E-state index in [-0.39, 0.29) is 5.69 Å². The quantitative estimate of drug-likeness (QED) is 0.470. The normalized spacial score (nSPS) is 14.5. The number of anilines is 2. The number of benzene rings is 1. The van der Waals surface area contributed by atoms with Gasteiger partial charge in [-0.15, -0.1) is 0 Å². The number of nitrogens with zero attached hydrogens (tertiary/aromatic N) is 5. The highest BCUT2D eigenvalue weighted by molar-refractivity contribution is 6.03. The average Bonchev–Trinajstić information content (AvgIpc) is 3.46. The number of rotatable bonds is 4. The van der Waals surface area contributed by atoms with Crippen molar-refractivity contribution in [2.24, 2.45) is 0 Å². The first kappa shape index (κ1) is 23.0. The lowest BCUT2D eigenvalue weighted by Gasteiger charge is -2.29. The van der Waals surface area contributed by atoms with Crippen molar-refractivity contribution >= 4 is 22.9 Å². The van der Waals surface area contributed by atoms with Crippen LogP contribution in [-0.4, -0.2) is 51.1 Å². The molecule has 35 heavy (non-hydrogen) atoms. The minimum atomic E-state index is -0.684. The summed E-state index contributed by atoms with van der Waals surface area (Å²) in [4.78, 5) is 23.5. The summed E-state index contributed by atoms with van der Waals surface area (Å²) in [6.07, 6.45) is 6.53. The molecule has 1 aromatic carbocycles. The summed E-state index contributed by atoms with van der Waals surface area (Å²) < 4.78 is 23.2. The third kappa shape index (κ3) is 4.51. The maximum absolute atomic E-state index is 14.3. The van der Waals surface area contributed by atoms with E-state index in [9.17, 15) is 9.18 Å². The topological polar surface area (TPSA) is 76.7 Å². The van der Waals surface area contributed by atoms with Gasteiger partial charge < -0.3 is 23.9 Å². The molecule has 1 aliphatic heterocycles. The van der Waals surface area contributed by atoms with Crippen molar-refractivity contribution in [2.75, 3.05) is 36.5 Å². The van der Waals surface area contributed by atoms with Crippen LogP contribution in [0.25, 0.3) is 16.8 Å². The van der Waals surface area contributed by atoms with E-state index in [0.29, 0.717) is 18.9 Å². The molecule has 1 aliphatic rings. The van der Waals surface area contributed by atoms with Gasteiger partial charge in [0.15, 0.2) is 5.65 Å². The Morgan fingerprint density at radius 2 is 1.91 bits per heavy atom. The summed E-state index contributed by atoms with van der Waals surface area (Å²) in [6.45, 7) is 10.6. The molecule has 0 atom stereocenters. The molecule has 0 unspecified atom stereocenters. The van der Waals surface area contributed by atoms with Crippen molar-refractivity contribution in [1.29, 1.82) is 0 Å². The van der Waals surface area contributed by atoms with E-state index in [1.807, 2.05) is 62.7 Å². The Morgan fingerprint density at radius 1 is 1.14 bits per heavy atom. The first-order chi connectivity index (χ1) is 16.7. The smallest absolute Gasteiger partial charge is 0.290 e. The largest absolute Gasteiger partial charge is 0.378 e. The first-order valence-electron chi connectivity index (χ1n) is 11.7. The average molecular weight is 477 g/mol. The molecule has 1 N–H and O–H groups in total. The number of morpholine rings is 1. The van der Waals surface area contributed by atoms with Crippen LogP contribution in [0.3, 0.4) is 0 Å². The predicted molar refractivity (Wildman–Crippen MR) is 134 cm³/mol. The van der Waals surface area contributed by atoms with Crippen LogP contribution in [0.15, 0.2) is 49.1 Å². The second-order valence-electron chi connectivity index (χ2n) is 9.79. The minimum absolute atomic E-state index is 0.0361. The molecular weight excluding hydrogens is 447 g/mol. The Hall–Kier alpha value is -3.72. The number of halogens is 1. The number of aryl methyl sites for hydroxylation is 1. The first-order valence-corrected chi connectivity index (χ1v) is 11.7. The number of fused-ring (bicyclic) bond motifs is 1. The summed E-state index contributed by atoms with van der Waals surface area (Å²) in [5, 5.41) is 2.87. The zero-order chi connectivity index (χ0) is 24.7. The molecule has 1 amide bonds. The number of amides is 1. The van der Waals surface area contributed by atoms with Gasteiger partial charge in [0.1, 0.15) is 5.69 Å². The number of carbonyl (C=O) groups is 1. The van der Waals surface area contributed by atoms with Crippen LogP contribution >= 0.6 is 0 Å². The molecule has 1 saturated heterocycles. The van der Waals surface area contributed by atoms with Crippen molar-refractivity contribution < 1.29 is 13.9 Å². The number of imidazole rings is 2. The molecule has 1 fully saturated rings. The number of nitrogens with one attached hydrogen (secondary N) is 1. The fraction of sp³-hybridized carbons (Fsp3) is 0.346. The Labute approximate surface area is 203 Å². The standard InChI is InChI=1S/C26H29FN6O2/c1-17-5-6-19(29-24(34)21-16-33(25(27)30-21)26(2,3)4)14-20(17)18-13-22(31-9-11-35-12-10-31)23-28-7-8-32(23)15-18/h5-8,13-16H,9-12H2,1-4H3,(H,29,34). The number of ether oxygens (including phenoxy) is 1. The zero-order valence-corrected chi connectivity index (χ0v) is 20.4. The monoisotopic (exact) mass is 476 g/mol. The van der Waals surface area contributed by atoms with Gasteiger partial charge in [0.25, 0.3) is 12.0 Å². The number of aromatic nitrogens is 4. The molecule has 0 aliphatic carbocycles. The summed E-state index contributed by atoms with van der Waals surface area (Å²) in [7, 11) is 0. The van der Waals surface area contributed by atoms with Crippen molar-refractivity contribution in [1.82, 2.24) is 18.9 Å². The summed E-state index contributed by atoms with van der Waals surface area (Å²) in [5.74, 6) is -0.458. The van der Waals surface area contributed by atoms with Gasteiger partial charge in [0.05, 0.1) is 18.9 Å². The summed E-state index contributed by atoms with van der Waals surface area (Å²) in [5.41, 5.74) is 5.14. The van der Waals surface area contributed by atoms with Gasteiger partial charge >= 0.3 is 0 Å². The van der Waals surface area contributed by atoms with Crippen LogP contribution in [0.5, 0.6) is 0 Å². The Morgan fingerprint density at radius 3 is 2.63 bits per heavy atom. The van der Waals surface area contributed by atoms with E-state index in [4.69, 9.17) is 4.74 Å². The molecule has 3 aromatic heterocycles. The summed E-state index contributed by atoms with van der Waals surface area (Å²) in [6, 6.07) is 7.88. The molecule has 9 heteroatoms. The SMILES string of the molecule is Cc1ccc(NC(=O)c2cn(C(C)(C)C)c(F)n2)cc1-c1cc(N2CCOCC2)c2nccn2c1. The van der Waals surface area contributed by atoms with Crippen molar-refractivity contribution in [3.05, 3.63) is 66.4 Å². The van der Waals surface area contributed by atoms with Gasteiger partial charge in [-0.2, -0.15) is 9.37 Å². The van der Waals surface area contributed by atoms with Crippen LogP contribution in [0, 0.1) is 13.0 Å². The van der Waals surface area contributed by atoms with Crippen LogP contribution in [0.2, 0.25) is 0 Å². The molecule has 182 valence electrons. The van der Waals surface area contributed by atoms with Gasteiger partial charge in [0.2, 0.25) is 0 Å². The molecule has 0 saturated carbocycles. The molecule has 4 aromatic rings. The maximum atomic E-state index is 14.3. The van der Waals surface area contributed by atoms with E-state index in [0.717, 1.165) is 41.1 Å². The fourth-order valence-corrected chi connectivity index (χ4v) is 4.34. The fourth-order valence-electron chi connectivity index (χ4n) is 4.34. The van der Waals surface area contributed by atoms with Gasteiger partial charge in [-0.05, 0) is 57.0 Å². The van der Waals surface area contributed by atoms with Crippen LogP contribution < -0.4 is 10.2 Å². The third-order valence-corrected chi connectivity index (χ3v) is 6.24. The lowest BCUT2D eigenvalue weighted by atomic mass is 10.0. The third-order valence-electron chi connectivity index (χ3n) is 6.24. The predicted octanol–water partition coefficient (Wildman–Crippen LogP) is 4.49. The van der Waals surface area contributed by atoms with E-state index in [2.05, 4.69) is 26.3 Å². The van der Waals surface area contributed by atoms with Crippen molar-refractivity contribution in [2.45, 2.75) is 33.2 Å². The molecule has 0 spiro atoms. The van der Waals surface area contributed by atoms with Crippen LogP contribution in [0.1, 0.15) is 36.8 Å². The van der Waals surface area contributed by atoms with Crippen molar-refractivity contribution in [3.8, 4) is 11.1 Å². The van der Waals surface area contributed by atoms with Crippen LogP contribution in [-0.2, 0) is 10.3 Å². The highest BCUT2D eigenvalue weighted by Crippen LogP contribution is 2.32. The maximum Gasteiger partial charge on any atom is 0.290 e. The highest BCUT2D eigenvalue weighted by atomic mass is 19.1. The lowest BCUT2D eigenvalue weighted by Crippen LogP contribution is -2.36. The molecule has 4 heterocycles. The molecule has 5 rings (SSSR count). The Kier molecular flexibility index (Phi) is 5.80. The number of carbonyl (C=O) groups excluding carboxylic acids is 1. The number of pyridine rings is 1. The second kappa shape index (κ2) is 8.81. The van der Waals surface area contributed by atoms with Gasteiger partial charge in [-0.25, -0.2) is 4.98 Å². The highest BCUT2D eigenvalue weighted by Gasteiger charge is 2.22. The second-order valence-corrected chi connectivity index (χ2v) is 9.79. The molecular formula is C26H29FN6O2. The van der Waals surface area contributed by atoms with Gasteiger partial charge in [-0.1, -0.05) is 6.07 Å². The van der Waals surface area contributed by atoms with Crippen molar-refractivity contribution in [3.63, 3.8) is 0 Å². The zero-order valence-electron chi connectivity index (χ0n) is 20.4.